The molecule has 1 N–H and O–H groups in total. The molecule has 0 aliphatic carbocycles. The van der Waals surface area contributed by atoms with Gasteiger partial charge in [-0.1, -0.05) is 20.8 Å². The highest BCUT2D eigenvalue weighted by Crippen LogP contribution is 2.04. The Hall–Kier alpha value is -0.600. The number of hydrogen-bond acceptors (Lipinski definition) is 3. The molecule has 5 heteroatoms. The van der Waals surface area contributed by atoms with Gasteiger partial charge in [0.25, 0.3) is 0 Å². The molecule has 0 bridgehead atoms. The Morgan fingerprint density at radius 2 is 2.00 bits per heavy atom. The van der Waals surface area contributed by atoms with Crippen molar-refractivity contribution in [2.75, 3.05) is 6.54 Å². The third kappa shape index (κ3) is 4.58. The highest BCUT2D eigenvalue weighted by atomic mass is 32.2. The van der Waals surface area contributed by atoms with Gasteiger partial charge in [-0.2, -0.15) is 5.26 Å². The number of nitriles is 1. The summed E-state index contributed by atoms with van der Waals surface area (Å²) in [6.45, 7) is 6.15. The lowest BCUT2D eigenvalue weighted by atomic mass is 10.1. The van der Waals surface area contributed by atoms with Crippen LogP contribution in [0.2, 0.25) is 0 Å². The van der Waals surface area contributed by atoms with Crippen molar-refractivity contribution in [3.8, 4) is 6.07 Å². The average molecular weight is 218 g/mol. The molecular weight excluding hydrogens is 200 g/mol. The van der Waals surface area contributed by atoms with Gasteiger partial charge in [0.15, 0.2) is 5.25 Å². The van der Waals surface area contributed by atoms with E-state index in [1.807, 2.05) is 13.8 Å². The molecule has 82 valence electrons. The van der Waals surface area contributed by atoms with Crippen LogP contribution in [0.5, 0.6) is 0 Å². The van der Waals surface area contributed by atoms with Gasteiger partial charge in [-0.25, -0.2) is 13.1 Å². The summed E-state index contributed by atoms with van der Waals surface area (Å²) < 4.78 is 25.3. The molecule has 0 heterocycles. The van der Waals surface area contributed by atoms with Crippen LogP contribution >= 0.6 is 0 Å². The van der Waals surface area contributed by atoms with Gasteiger partial charge in [0, 0.05) is 6.54 Å². The van der Waals surface area contributed by atoms with Crippen LogP contribution in [0.4, 0.5) is 0 Å². The van der Waals surface area contributed by atoms with Crippen LogP contribution in [0.25, 0.3) is 0 Å². The maximum absolute atomic E-state index is 11.4. The molecule has 0 spiro atoms. The molecule has 1 atom stereocenters. The number of rotatable bonds is 6. The minimum absolute atomic E-state index is 0.327. The quantitative estimate of drug-likeness (QED) is 0.729. The van der Waals surface area contributed by atoms with Crippen molar-refractivity contribution >= 4 is 10.0 Å². The molecule has 0 aliphatic heterocycles. The average Bonchev–Trinajstić information content (AvgIpc) is 2.04. The molecule has 0 aromatic carbocycles. The molecule has 0 aliphatic rings. The molecule has 0 saturated carbocycles. The first-order valence-electron chi connectivity index (χ1n) is 4.82. The molecule has 1 unspecified atom stereocenters. The topological polar surface area (TPSA) is 70.0 Å². The standard InChI is InChI=1S/C9H18N2O2S/c1-4-9(7-10)14(12,13)11-6-5-8(2)3/h8-9,11H,4-6H2,1-3H3. The number of sulfonamides is 1. The first kappa shape index (κ1) is 13.4. The van der Waals surface area contributed by atoms with Crippen molar-refractivity contribution in [2.24, 2.45) is 5.92 Å². The van der Waals surface area contributed by atoms with Gasteiger partial charge in [0.2, 0.25) is 10.0 Å². The summed E-state index contributed by atoms with van der Waals surface area (Å²) in [6.07, 6.45) is 1.12. The van der Waals surface area contributed by atoms with Gasteiger partial charge < -0.3 is 0 Å². The van der Waals surface area contributed by atoms with E-state index in [0.29, 0.717) is 18.9 Å². The molecule has 0 saturated heterocycles. The summed E-state index contributed by atoms with van der Waals surface area (Å²) in [6, 6.07) is 1.78. The van der Waals surface area contributed by atoms with E-state index in [2.05, 4.69) is 4.72 Å². The zero-order valence-electron chi connectivity index (χ0n) is 8.95. The van der Waals surface area contributed by atoms with Crippen molar-refractivity contribution in [1.29, 1.82) is 5.26 Å². The fourth-order valence-corrected chi connectivity index (χ4v) is 2.15. The first-order valence-corrected chi connectivity index (χ1v) is 6.36. The van der Waals surface area contributed by atoms with Gasteiger partial charge in [0.05, 0.1) is 6.07 Å². The van der Waals surface area contributed by atoms with Crippen molar-refractivity contribution in [2.45, 2.75) is 38.9 Å². The second-order valence-electron chi connectivity index (χ2n) is 3.65. The lowest BCUT2D eigenvalue weighted by molar-refractivity contribution is 0.546. The monoisotopic (exact) mass is 218 g/mol. The summed E-state index contributed by atoms with van der Waals surface area (Å²) in [4.78, 5) is 0. The molecule has 4 nitrogen and oxygen atoms in total. The van der Waals surface area contributed by atoms with Gasteiger partial charge in [-0.3, -0.25) is 0 Å². The number of nitrogens with one attached hydrogen (secondary N) is 1. The van der Waals surface area contributed by atoms with E-state index in [4.69, 9.17) is 5.26 Å². The summed E-state index contributed by atoms with van der Waals surface area (Å²) in [7, 11) is -3.43. The van der Waals surface area contributed by atoms with Crippen molar-refractivity contribution < 1.29 is 8.42 Å². The van der Waals surface area contributed by atoms with Crippen LogP contribution in [0, 0.1) is 17.2 Å². The van der Waals surface area contributed by atoms with Crippen LogP contribution in [0.15, 0.2) is 0 Å². The van der Waals surface area contributed by atoms with E-state index < -0.39 is 15.3 Å². The van der Waals surface area contributed by atoms with Gasteiger partial charge in [-0.05, 0) is 18.8 Å². The minimum atomic E-state index is -3.43. The van der Waals surface area contributed by atoms with Crippen LogP contribution in [-0.2, 0) is 10.0 Å². The Labute approximate surface area is 86.4 Å². The van der Waals surface area contributed by atoms with Gasteiger partial charge in [0.1, 0.15) is 0 Å². The van der Waals surface area contributed by atoms with E-state index in [9.17, 15) is 8.42 Å². The second-order valence-corrected chi connectivity index (χ2v) is 5.60. The molecular formula is C9H18N2O2S. The lowest BCUT2D eigenvalue weighted by Gasteiger charge is -2.10. The Bertz CT molecular complexity index is 290. The summed E-state index contributed by atoms with van der Waals surface area (Å²) in [5.41, 5.74) is 0. The zero-order chi connectivity index (χ0) is 11.2. The summed E-state index contributed by atoms with van der Waals surface area (Å²) in [5, 5.41) is 7.68. The van der Waals surface area contributed by atoms with Crippen LogP contribution in [0.1, 0.15) is 33.6 Å². The van der Waals surface area contributed by atoms with E-state index >= 15 is 0 Å². The number of nitrogens with zero attached hydrogens (tertiary/aromatic N) is 1. The largest absolute Gasteiger partial charge is 0.227 e. The maximum atomic E-state index is 11.4. The third-order valence-electron chi connectivity index (χ3n) is 1.91. The van der Waals surface area contributed by atoms with Gasteiger partial charge >= 0.3 is 0 Å². The lowest BCUT2D eigenvalue weighted by Crippen LogP contribution is -2.34. The fraction of sp³-hybridized carbons (Fsp3) is 0.889. The fourth-order valence-electron chi connectivity index (χ4n) is 0.971. The zero-order valence-corrected chi connectivity index (χ0v) is 9.76. The minimum Gasteiger partial charge on any atom is -0.214 e. The Balaban J connectivity index is 4.16. The van der Waals surface area contributed by atoms with E-state index in [-0.39, 0.29) is 0 Å². The molecule has 0 aromatic rings. The SMILES string of the molecule is CCC(C#N)S(=O)(=O)NCCC(C)C. The molecule has 0 aromatic heterocycles. The highest BCUT2D eigenvalue weighted by molar-refractivity contribution is 7.90. The predicted octanol–water partition coefficient (Wildman–Crippen LogP) is 1.25. The summed E-state index contributed by atoms with van der Waals surface area (Å²) in [5.74, 6) is 0.458. The Kier molecular flexibility index (Phi) is 5.73. The van der Waals surface area contributed by atoms with Crippen LogP contribution < -0.4 is 4.72 Å². The van der Waals surface area contributed by atoms with E-state index in [1.54, 1.807) is 13.0 Å². The third-order valence-corrected chi connectivity index (χ3v) is 3.71. The van der Waals surface area contributed by atoms with Crippen LogP contribution in [-0.4, -0.2) is 20.2 Å². The van der Waals surface area contributed by atoms with Crippen LogP contribution in [0.3, 0.4) is 0 Å². The van der Waals surface area contributed by atoms with Crippen molar-refractivity contribution in [1.82, 2.24) is 4.72 Å². The van der Waals surface area contributed by atoms with Crippen molar-refractivity contribution in [3.05, 3.63) is 0 Å². The Morgan fingerprint density at radius 3 is 2.36 bits per heavy atom. The first-order chi connectivity index (χ1) is 6.44. The van der Waals surface area contributed by atoms with Gasteiger partial charge in [-0.15, -0.1) is 0 Å². The van der Waals surface area contributed by atoms with E-state index in [1.165, 1.54) is 0 Å². The molecule has 0 amide bonds. The van der Waals surface area contributed by atoms with Crippen molar-refractivity contribution in [3.63, 3.8) is 0 Å². The molecule has 0 fully saturated rings. The maximum Gasteiger partial charge on any atom is 0.227 e. The second kappa shape index (κ2) is 5.99. The highest BCUT2D eigenvalue weighted by Gasteiger charge is 2.22. The normalized spacial score (nSPS) is 13.9. The smallest absolute Gasteiger partial charge is 0.214 e. The Morgan fingerprint density at radius 1 is 1.43 bits per heavy atom. The van der Waals surface area contributed by atoms with E-state index in [0.717, 1.165) is 6.42 Å². The molecule has 0 rings (SSSR count). The summed E-state index contributed by atoms with van der Waals surface area (Å²) >= 11 is 0. The predicted molar refractivity (Wildman–Crippen MR) is 56.1 cm³/mol. The molecule has 14 heavy (non-hydrogen) atoms. The number of hydrogen-bond donors (Lipinski definition) is 1. The molecule has 0 radical (unpaired) electrons.